The molecule has 3 aromatic rings. The number of hydrogen-bond donors (Lipinski definition) is 4. The van der Waals surface area contributed by atoms with Gasteiger partial charge < -0.3 is 15.6 Å². The number of nitrogen functional groups attached to an aromatic ring is 1. The van der Waals surface area contributed by atoms with Crippen LogP contribution in [0.5, 0.6) is 0 Å². The van der Waals surface area contributed by atoms with Gasteiger partial charge in [0.2, 0.25) is 0 Å². The predicted octanol–water partition coefficient (Wildman–Crippen LogP) is 4.51. The lowest BCUT2D eigenvalue weighted by Crippen LogP contribution is -2.21. The van der Waals surface area contributed by atoms with Crippen LogP contribution in [0.25, 0.3) is 10.8 Å². The smallest absolute Gasteiger partial charge is 0.475 e. The average Bonchev–Trinajstić information content (AvgIpc) is 2.72. The highest BCUT2D eigenvalue weighted by Crippen LogP contribution is 2.25. The molecule has 7 nitrogen and oxygen atoms in total. The molecule has 3 rings (SSSR count). The molecule has 31 heavy (non-hydrogen) atoms. The van der Waals surface area contributed by atoms with Gasteiger partial charge in [-0.2, -0.15) is 13.2 Å². The second kappa shape index (κ2) is 10.1. The van der Waals surface area contributed by atoms with Crippen molar-refractivity contribution in [3.63, 3.8) is 0 Å². The zero-order valence-corrected chi connectivity index (χ0v) is 15.9. The van der Waals surface area contributed by atoms with E-state index >= 15 is 0 Å². The molecule has 0 aromatic heterocycles. The fourth-order valence-electron chi connectivity index (χ4n) is 2.42. The molecule has 5 N–H and O–H groups in total. The summed E-state index contributed by atoms with van der Waals surface area (Å²) in [4.78, 5) is 20.9. The second-order valence-electron chi connectivity index (χ2n) is 6.14. The van der Waals surface area contributed by atoms with Gasteiger partial charge in [-0.05, 0) is 23.1 Å². The molecule has 0 radical (unpaired) electrons. The summed E-state index contributed by atoms with van der Waals surface area (Å²) >= 11 is 0. The number of ether oxygens (including phenoxy) is 1. The number of anilines is 1. The van der Waals surface area contributed by atoms with Crippen molar-refractivity contribution in [2.75, 3.05) is 5.32 Å². The van der Waals surface area contributed by atoms with Crippen molar-refractivity contribution < 1.29 is 32.6 Å². The van der Waals surface area contributed by atoms with Crippen molar-refractivity contribution in [3.8, 4) is 0 Å². The molecule has 0 bridgehead atoms. The molecule has 0 unspecified atom stereocenters. The fraction of sp³-hybridized carbons (Fsp3) is 0.0952. The van der Waals surface area contributed by atoms with Crippen LogP contribution in [-0.4, -0.2) is 29.2 Å². The largest absolute Gasteiger partial charge is 0.490 e. The molecule has 0 aliphatic carbocycles. The second-order valence-corrected chi connectivity index (χ2v) is 6.14. The van der Waals surface area contributed by atoms with Gasteiger partial charge in [0.15, 0.2) is 0 Å². The number of alkyl halides is 3. The van der Waals surface area contributed by atoms with E-state index in [1.807, 2.05) is 48.5 Å². The summed E-state index contributed by atoms with van der Waals surface area (Å²) in [6, 6.07) is 20.5. The zero-order chi connectivity index (χ0) is 23.0. The molecule has 162 valence electrons. The maximum absolute atomic E-state index is 12.0. The minimum atomic E-state index is -5.08. The van der Waals surface area contributed by atoms with Gasteiger partial charge in [0.1, 0.15) is 12.4 Å². The summed E-state index contributed by atoms with van der Waals surface area (Å²) in [6.45, 7) is 0.204. The van der Waals surface area contributed by atoms with Crippen molar-refractivity contribution in [2.45, 2.75) is 12.8 Å². The lowest BCUT2D eigenvalue weighted by molar-refractivity contribution is -0.192. The Morgan fingerprint density at radius 3 is 2.26 bits per heavy atom. The van der Waals surface area contributed by atoms with Crippen LogP contribution in [0.15, 0.2) is 66.7 Å². The van der Waals surface area contributed by atoms with Gasteiger partial charge in [0.05, 0.1) is 5.69 Å². The number of nitrogens with two attached hydrogens (primary N) is 1. The fourth-order valence-corrected chi connectivity index (χ4v) is 2.42. The molecule has 0 aliphatic heterocycles. The number of amidine groups is 1. The van der Waals surface area contributed by atoms with Crippen LogP contribution in [0.4, 0.5) is 23.7 Å². The molecule has 10 heteroatoms. The number of carboxylic acids is 1. The maximum atomic E-state index is 12.0. The normalized spacial score (nSPS) is 10.5. The first kappa shape index (κ1) is 23.2. The van der Waals surface area contributed by atoms with Crippen molar-refractivity contribution in [3.05, 3.63) is 77.9 Å². The van der Waals surface area contributed by atoms with Crippen LogP contribution in [0.2, 0.25) is 0 Å². The van der Waals surface area contributed by atoms with Crippen molar-refractivity contribution in [1.29, 1.82) is 5.41 Å². The summed E-state index contributed by atoms with van der Waals surface area (Å²) in [5.74, 6) is -2.77. The number of amides is 1. The number of carbonyl (C=O) groups excluding carboxylic acids is 1. The number of aliphatic carboxylic acids is 1. The molecule has 0 saturated heterocycles. The van der Waals surface area contributed by atoms with E-state index in [4.69, 9.17) is 25.8 Å². The van der Waals surface area contributed by atoms with E-state index in [9.17, 15) is 18.0 Å². The van der Waals surface area contributed by atoms with Gasteiger partial charge in [-0.25, -0.2) is 9.59 Å². The van der Waals surface area contributed by atoms with Crippen LogP contribution < -0.4 is 11.1 Å². The lowest BCUT2D eigenvalue weighted by atomic mass is 10.0. The molecule has 1 amide bonds. The number of nitrogens with one attached hydrogen (secondary N) is 2. The quantitative estimate of drug-likeness (QED) is 0.356. The number of carbonyl (C=O) groups is 2. The third-order valence-electron chi connectivity index (χ3n) is 3.89. The van der Waals surface area contributed by atoms with E-state index in [1.165, 1.54) is 0 Å². The molecule has 0 spiro atoms. The minimum absolute atomic E-state index is 0.0154. The standard InChI is InChI=1S/C19H17N3O2.C2HF3O2/c20-18(21)15-10-9-14-7-4-8-17(16(14)11-15)22-19(23)24-12-13-5-2-1-3-6-13;3-2(4,5)1(6)7/h1-11H,12H2,(H3,20,21)(H,22,23);(H,6,7). The Morgan fingerprint density at radius 1 is 1.03 bits per heavy atom. The van der Waals surface area contributed by atoms with Crippen LogP contribution in [0, 0.1) is 5.41 Å². The number of fused-ring (bicyclic) bond motifs is 1. The lowest BCUT2D eigenvalue weighted by Gasteiger charge is -2.10. The Morgan fingerprint density at radius 2 is 1.68 bits per heavy atom. The molecular formula is C21H18F3N3O4. The van der Waals surface area contributed by atoms with Gasteiger partial charge in [-0.3, -0.25) is 10.7 Å². The van der Waals surface area contributed by atoms with Crippen LogP contribution in [-0.2, 0) is 16.1 Å². The third-order valence-corrected chi connectivity index (χ3v) is 3.89. The zero-order valence-electron chi connectivity index (χ0n) is 15.9. The highest BCUT2D eigenvalue weighted by Gasteiger charge is 2.38. The summed E-state index contributed by atoms with van der Waals surface area (Å²) in [7, 11) is 0. The predicted molar refractivity (Wildman–Crippen MR) is 109 cm³/mol. The van der Waals surface area contributed by atoms with Crippen molar-refractivity contribution in [2.24, 2.45) is 5.73 Å². The topological polar surface area (TPSA) is 126 Å². The van der Waals surface area contributed by atoms with Gasteiger partial charge in [-0.1, -0.05) is 54.6 Å². The molecule has 0 fully saturated rings. The molecule has 0 heterocycles. The minimum Gasteiger partial charge on any atom is -0.475 e. The first-order chi connectivity index (χ1) is 14.6. The SMILES string of the molecule is N=C(N)c1ccc2cccc(NC(=O)OCc3ccccc3)c2c1.O=C(O)C(F)(F)F. The first-order valence-electron chi connectivity index (χ1n) is 8.73. The van der Waals surface area contributed by atoms with Crippen molar-refractivity contribution in [1.82, 2.24) is 0 Å². The van der Waals surface area contributed by atoms with E-state index in [-0.39, 0.29) is 12.4 Å². The van der Waals surface area contributed by atoms with Crippen LogP contribution in [0.3, 0.4) is 0 Å². The molecular weight excluding hydrogens is 415 g/mol. The average molecular weight is 433 g/mol. The summed E-state index contributed by atoms with van der Waals surface area (Å²) in [6.07, 6.45) is -5.61. The molecule has 0 atom stereocenters. The number of carboxylic acid groups (broad SMARTS) is 1. The van der Waals surface area contributed by atoms with E-state index in [0.29, 0.717) is 11.3 Å². The summed E-state index contributed by atoms with van der Waals surface area (Å²) in [5, 5.41) is 19.2. The van der Waals surface area contributed by atoms with Crippen LogP contribution >= 0.6 is 0 Å². The maximum Gasteiger partial charge on any atom is 0.490 e. The number of benzene rings is 3. The summed E-state index contributed by atoms with van der Waals surface area (Å²) in [5.41, 5.74) is 7.69. The van der Waals surface area contributed by atoms with Crippen molar-refractivity contribution >= 4 is 34.4 Å². The Bertz CT molecular complexity index is 1090. The van der Waals surface area contributed by atoms with Gasteiger partial charge in [0, 0.05) is 10.9 Å². The van der Waals surface area contributed by atoms with E-state index in [0.717, 1.165) is 16.3 Å². The number of halogens is 3. The Balaban J connectivity index is 0.000000423. The molecule has 3 aromatic carbocycles. The van der Waals surface area contributed by atoms with Crippen LogP contribution in [0.1, 0.15) is 11.1 Å². The highest BCUT2D eigenvalue weighted by molar-refractivity contribution is 6.05. The van der Waals surface area contributed by atoms with E-state index in [2.05, 4.69) is 5.32 Å². The Kier molecular flexibility index (Phi) is 7.56. The van der Waals surface area contributed by atoms with Gasteiger partial charge >= 0.3 is 18.2 Å². The summed E-state index contributed by atoms with van der Waals surface area (Å²) < 4.78 is 37.0. The van der Waals surface area contributed by atoms with E-state index in [1.54, 1.807) is 18.2 Å². The van der Waals surface area contributed by atoms with E-state index < -0.39 is 18.2 Å². The number of hydrogen-bond acceptors (Lipinski definition) is 4. The monoisotopic (exact) mass is 433 g/mol. The highest BCUT2D eigenvalue weighted by atomic mass is 19.4. The Hall–Kier alpha value is -4.08. The number of rotatable bonds is 4. The Labute approximate surface area is 174 Å². The first-order valence-corrected chi connectivity index (χ1v) is 8.73. The molecule has 0 saturated carbocycles. The molecule has 0 aliphatic rings. The van der Waals surface area contributed by atoms with Gasteiger partial charge in [-0.15, -0.1) is 0 Å². The third kappa shape index (κ3) is 7.03. The van der Waals surface area contributed by atoms with Gasteiger partial charge in [0.25, 0.3) is 0 Å².